The molecule has 1 aromatic heterocycles. The molecule has 0 bridgehead atoms. The van der Waals surface area contributed by atoms with E-state index in [9.17, 15) is 5.48 Å². The van der Waals surface area contributed by atoms with Gasteiger partial charge in [0.2, 0.25) is 0 Å². The number of para-hydroxylation sites is 2. The van der Waals surface area contributed by atoms with Crippen LogP contribution >= 0.6 is 0 Å². The van der Waals surface area contributed by atoms with Crippen molar-refractivity contribution < 1.29 is 5.48 Å². The molecule has 11 rings (SSSR count). The Hall–Kier alpha value is -8.20. The van der Waals surface area contributed by atoms with E-state index in [4.69, 9.17) is 0 Å². The van der Waals surface area contributed by atoms with Gasteiger partial charge in [0.05, 0.1) is 16.5 Å². The van der Waals surface area contributed by atoms with Gasteiger partial charge in [0, 0.05) is 33.5 Å². The molecule has 0 fully saturated rings. The Morgan fingerprint density at radius 2 is 0.742 bits per heavy atom. The summed E-state index contributed by atoms with van der Waals surface area (Å²) < 4.78 is 41.5. The van der Waals surface area contributed by atoms with Gasteiger partial charge in [-0.1, -0.05) is 176 Å². The molecule has 62 heavy (non-hydrogen) atoms. The summed E-state index contributed by atoms with van der Waals surface area (Å²) in [6.45, 7) is 0. The van der Waals surface area contributed by atoms with Crippen LogP contribution in [0.15, 0.2) is 255 Å². The Morgan fingerprint density at radius 3 is 1.31 bits per heavy atom. The van der Waals surface area contributed by atoms with Crippen LogP contribution in [0.1, 0.15) is 5.48 Å². The maximum atomic E-state index is 9.79. The van der Waals surface area contributed by atoms with Crippen molar-refractivity contribution in [1.29, 1.82) is 0 Å². The molecule has 0 N–H and O–H groups in total. The van der Waals surface area contributed by atoms with Crippen LogP contribution in [0.4, 0.5) is 17.1 Å². The Labute approximate surface area is 368 Å². The molecular formula is C60H42N2. The van der Waals surface area contributed by atoms with Crippen LogP contribution in [0.5, 0.6) is 0 Å². The quantitative estimate of drug-likeness (QED) is 0.141. The van der Waals surface area contributed by atoms with Crippen LogP contribution in [0, 0.1) is 0 Å². The molecule has 1 heterocycles. The zero-order valence-electron chi connectivity index (χ0n) is 37.8. The average Bonchev–Trinajstić information content (AvgIpc) is 3.73. The molecule has 0 aliphatic carbocycles. The third kappa shape index (κ3) is 6.94. The van der Waals surface area contributed by atoms with Crippen LogP contribution in [-0.2, 0) is 0 Å². The summed E-state index contributed by atoms with van der Waals surface area (Å²) in [6, 6.07) is 77.5. The summed E-state index contributed by atoms with van der Waals surface area (Å²) >= 11 is 0. The van der Waals surface area contributed by atoms with E-state index in [0.29, 0.717) is 16.9 Å². The second-order valence-electron chi connectivity index (χ2n) is 15.4. The summed E-state index contributed by atoms with van der Waals surface area (Å²) in [7, 11) is 0. The van der Waals surface area contributed by atoms with Gasteiger partial charge in [-0.15, -0.1) is 0 Å². The second-order valence-corrected chi connectivity index (χ2v) is 15.4. The van der Waals surface area contributed by atoms with Crippen molar-refractivity contribution in [1.82, 2.24) is 4.57 Å². The van der Waals surface area contributed by atoms with Gasteiger partial charge >= 0.3 is 0 Å². The molecule has 0 aliphatic rings. The van der Waals surface area contributed by atoms with E-state index in [1.54, 1.807) is 0 Å². The summed E-state index contributed by atoms with van der Waals surface area (Å²) in [6.07, 6.45) is 0. The molecule has 10 aromatic carbocycles. The Morgan fingerprint density at radius 1 is 0.306 bits per heavy atom. The Kier molecular flexibility index (Phi) is 8.47. The molecule has 0 unspecified atom stereocenters. The normalized spacial score (nSPS) is 12.1. The first-order chi connectivity index (χ1) is 32.4. The zero-order valence-corrected chi connectivity index (χ0v) is 33.8. The lowest BCUT2D eigenvalue weighted by Gasteiger charge is -2.26. The van der Waals surface area contributed by atoms with Crippen LogP contribution in [0.25, 0.3) is 83.1 Å². The molecule has 0 radical (unpaired) electrons. The first kappa shape index (κ1) is 32.6. The molecule has 2 nitrogen and oxygen atoms in total. The summed E-state index contributed by atoms with van der Waals surface area (Å²) in [4.78, 5) is 1.85. The third-order valence-electron chi connectivity index (χ3n) is 11.7. The fraction of sp³-hybridized carbons (Fsp3) is 0. The second kappa shape index (κ2) is 16.1. The van der Waals surface area contributed by atoms with Crippen molar-refractivity contribution in [2.24, 2.45) is 0 Å². The SMILES string of the molecule is [2H]c1c([2H])c(N(c2ccc(-c3ccccc3)cc2)c2ccc(-c3ccccc3)cc2)c([2H])c([2H])c1-c1cc(-c2ccccc2)cc(-c2cccc3c2c2ccccc2n3-c2ccccc2)c1. The van der Waals surface area contributed by atoms with E-state index in [1.807, 2.05) is 126 Å². The molecule has 0 aliphatic heterocycles. The predicted octanol–water partition coefficient (Wildman–Crippen LogP) is 16.6. The molecule has 0 atom stereocenters. The highest BCUT2D eigenvalue weighted by Crippen LogP contribution is 2.42. The number of rotatable bonds is 9. The summed E-state index contributed by atoms with van der Waals surface area (Å²) in [5, 5.41) is 2.20. The lowest BCUT2D eigenvalue weighted by molar-refractivity contribution is 1.18. The van der Waals surface area contributed by atoms with Gasteiger partial charge in [-0.05, 0) is 134 Å². The lowest BCUT2D eigenvalue weighted by atomic mass is 9.91. The third-order valence-corrected chi connectivity index (χ3v) is 11.7. The van der Waals surface area contributed by atoms with Crippen molar-refractivity contribution in [3.05, 3.63) is 255 Å². The fourth-order valence-electron chi connectivity index (χ4n) is 8.68. The highest BCUT2D eigenvalue weighted by molar-refractivity contribution is 6.16. The molecule has 0 saturated heterocycles. The molecule has 2 heteroatoms. The van der Waals surface area contributed by atoms with E-state index in [0.717, 1.165) is 72.0 Å². The van der Waals surface area contributed by atoms with E-state index >= 15 is 0 Å². The van der Waals surface area contributed by atoms with Crippen molar-refractivity contribution in [3.63, 3.8) is 0 Å². The summed E-state index contributed by atoms with van der Waals surface area (Å²) in [5.41, 5.74) is 13.7. The minimum absolute atomic E-state index is 0.118. The van der Waals surface area contributed by atoms with E-state index in [2.05, 4.69) is 114 Å². The number of benzene rings is 10. The standard InChI is InChI=1S/C60H42N2/c1-5-16-43(17-6-1)46-28-34-53(35-29-46)61(54-36-30-47(31-37-54)44-18-7-2-8-19-44)55-38-32-48(33-39-55)50-40-49(45-20-9-3-10-21-45)41-51(42-50)56-25-15-27-59-60(56)57-24-13-14-26-58(57)62(59)52-22-11-4-12-23-52/h1-42H/i32D,33D,38D,39D. The van der Waals surface area contributed by atoms with Crippen LogP contribution in [0.2, 0.25) is 0 Å². The molecule has 292 valence electrons. The maximum absolute atomic E-state index is 9.79. The molecule has 11 aromatic rings. The minimum Gasteiger partial charge on any atom is -0.311 e. The van der Waals surface area contributed by atoms with E-state index in [-0.39, 0.29) is 35.4 Å². The van der Waals surface area contributed by atoms with Gasteiger partial charge < -0.3 is 9.47 Å². The largest absolute Gasteiger partial charge is 0.311 e. The van der Waals surface area contributed by atoms with Gasteiger partial charge in [0.15, 0.2) is 0 Å². The number of hydrogen-bond donors (Lipinski definition) is 0. The zero-order chi connectivity index (χ0) is 44.7. The minimum atomic E-state index is -0.134. The highest BCUT2D eigenvalue weighted by Gasteiger charge is 2.18. The predicted molar refractivity (Wildman–Crippen MR) is 263 cm³/mol. The summed E-state index contributed by atoms with van der Waals surface area (Å²) in [5.74, 6) is 0. The van der Waals surface area contributed by atoms with Gasteiger partial charge in [0.1, 0.15) is 0 Å². The molecule has 0 saturated carbocycles. The number of aromatic nitrogens is 1. The Bertz CT molecular complexity index is 3420. The number of hydrogen-bond acceptors (Lipinski definition) is 1. The fourth-order valence-corrected chi connectivity index (χ4v) is 8.68. The number of fused-ring (bicyclic) bond motifs is 3. The highest BCUT2D eigenvalue weighted by atomic mass is 15.1. The van der Waals surface area contributed by atoms with Crippen LogP contribution < -0.4 is 4.90 Å². The monoisotopic (exact) mass is 794 g/mol. The first-order valence-electron chi connectivity index (χ1n) is 22.9. The molecule has 0 spiro atoms. The number of nitrogens with zero attached hydrogens (tertiary/aromatic N) is 2. The lowest BCUT2D eigenvalue weighted by Crippen LogP contribution is -2.09. The maximum Gasteiger partial charge on any atom is 0.0645 e. The van der Waals surface area contributed by atoms with Crippen LogP contribution in [-0.4, -0.2) is 4.57 Å². The van der Waals surface area contributed by atoms with E-state index in [1.165, 1.54) is 0 Å². The topological polar surface area (TPSA) is 8.17 Å². The Balaban J connectivity index is 1.10. The van der Waals surface area contributed by atoms with Crippen molar-refractivity contribution >= 4 is 38.9 Å². The smallest absolute Gasteiger partial charge is 0.0645 e. The van der Waals surface area contributed by atoms with Gasteiger partial charge in [0.25, 0.3) is 0 Å². The first-order valence-corrected chi connectivity index (χ1v) is 20.9. The van der Waals surface area contributed by atoms with E-state index < -0.39 is 0 Å². The van der Waals surface area contributed by atoms with Crippen molar-refractivity contribution in [2.75, 3.05) is 4.90 Å². The van der Waals surface area contributed by atoms with Crippen molar-refractivity contribution in [2.45, 2.75) is 0 Å². The molecular weight excluding hydrogens is 749 g/mol. The van der Waals surface area contributed by atoms with Crippen molar-refractivity contribution in [3.8, 4) is 61.3 Å². The van der Waals surface area contributed by atoms with Gasteiger partial charge in [-0.25, -0.2) is 0 Å². The van der Waals surface area contributed by atoms with Gasteiger partial charge in [-0.3, -0.25) is 0 Å². The van der Waals surface area contributed by atoms with Crippen LogP contribution in [0.3, 0.4) is 0 Å². The number of anilines is 3. The average molecular weight is 795 g/mol. The molecule has 0 amide bonds. The van der Waals surface area contributed by atoms with Gasteiger partial charge in [-0.2, -0.15) is 0 Å².